The van der Waals surface area contributed by atoms with Gasteiger partial charge in [0, 0.05) is 30.4 Å². The molecule has 0 spiro atoms. The van der Waals surface area contributed by atoms with Crippen molar-refractivity contribution in [2.75, 3.05) is 17.2 Å². The van der Waals surface area contributed by atoms with Crippen LogP contribution in [0.2, 0.25) is 0 Å². The number of pyridine rings is 1. The van der Waals surface area contributed by atoms with E-state index in [4.69, 9.17) is 15.2 Å². The van der Waals surface area contributed by atoms with Crippen LogP contribution in [0.5, 0.6) is 0 Å². The van der Waals surface area contributed by atoms with Crippen molar-refractivity contribution in [1.82, 2.24) is 34.9 Å². The predicted molar refractivity (Wildman–Crippen MR) is 122 cm³/mol. The zero-order valence-corrected chi connectivity index (χ0v) is 19.0. The Hall–Kier alpha value is -3.67. The Morgan fingerprint density at radius 2 is 1.88 bits per heavy atom. The lowest BCUT2D eigenvalue weighted by molar-refractivity contribution is 0.272. The largest absolute Gasteiger partial charge is 0.368 e. The molecule has 11 nitrogen and oxygen atoms in total. The zero-order chi connectivity index (χ0) is 23.3. The number of hydrogen-bond donors (Lipinski definition) is 1. The first-order chi connectivity index (χ1) is 16.4. The van der Waals surface area contributed by atoms with Crippen LogP contribution in [0.4, 0.5) is 5.95 Å². The molecule has 0 bridgehead atoms. The monoisotopic (exact) mass is 478 g/mol. The molecule has 0 amide bonds. The molecule has 4 aromatic heterocycles. The molecular formula is C22H22N8O3S. The van der Waals surface area contributed by atoms with Gasteiger partial charge in [-0.15, -0.1) is 0 Å². The Morgan fingerprint density at radius 3 is 2.53 bits per heavy atom. The quantitative estimate of drug-likeness (QED) is 0.451. The number of sulfone groups is 1. The minimum absolute atomic E-state index is 0.109. The van der Waals surface area contributed by atoms with E-state index in [1.54, 1.807) is 29.5 Å². The normalized spacial score (nSPS) is 20.8. The topological polar surface area (TPSA) is 156 Å². The molecule has 1 aliphatic carbocycles. The van der Waals surface area contributed by atoms with Crippen LogP contribution in [0, 0.1) is 0 Å². The first-order valence-electron chi connectivity index (χ1n) is 11.1. The highest BCUT2D eigenvalue weighted by Crippen LogP contribution is 2.48. The molecule has 1 aliphatic heterocycles. The molecule has 5 heterocycles. The molecule has 6 rings (SSSR count). The van der Waals surface area contributed by atoms with Crippen molar-refractivity contribution in [2.45, 2.75) is 37.1 Å². The number of aromatic nitrogens is 7. The summed E-state index contributed by atoms with van der Waals surface area (Å²) in [6.45, 7) is 0. The molecule has 4 aromatic rings. The third kappa shape index (κ3) is 3.54. The highest BCUT2D eigenvalue weighted by Gasteiger charge is 2.45. The Kier molecular flexibility index (Phi) is 4.73. The lowest BCUT2D eigenvalue weighted by Crippen LogP contribution is -2.36. The van der Waals surface area contributed by atoms with E-state index in [-0.39, 0.29) is 28.9 Å². The summed E-state index contributed by atoms with van der Waals surface area (Å²) in [6, 6.07) is 3.81. The lowest BCUT2D eigenvalue weighted by Gasteiger charge is -2.39. The van der Waals surface area contributed by atoms with E-state index in [1.165, 1.54) is 0 Å². The van der Waals surface area contributed by atoms with Crippen molar-refractivity contribution in [3.8, 4) is 22.7 Å². The van der Waals surface area contributed by atoms with Crippen LogP contribution in [-0.4, -0.2) is 54.8 Å². The van der Waals surface area contributed by atoms with Crippen molar-refractivity contribution >= 4 is 15.8 Å². The molecule has 2 fully saturated rings. The number of nitrogens with two attached hydrogens (primary N) is 1. The van der Waals surface area contributed by atoms with E-state index in [2.05, 4.69) is 25.2 Å². The van der Waals surface area contributed by atoms with Crippen molar-refractivity contribution in [2.24, 2.45) is 0 Å². The summed E-state index contributed by atoms with van der Waals surface area (Å²) in [5.74, 6) is 1.52. The van der Waals surface area contributed by atoms with Gasteiger partial charge in [-0.2, -0.15) is 10.1 Å². The van der Waals surface area contributed by atoms with Gasteiger partial charge in [0.1, 0.15) is 0 Å². The second-order valence-electron chi connectivity index (χ2n) is 8.89. The lowest BCUT2D eigenvalue weighted by atomic mass is 9.64. The fourth-order valence-electron chi connectivity index (χ4n) is 4.66. The van der Waals surface area contributed by atoms with Gasteiger partial charge in [-0.25, -0.2) is 18.4 Å². The van der Waals surface area contributed by atoms with E-state index in [0.717, 1.165) is 36.1 Å². The third-order valence-electron chi connectivity index (χ3n) is 6.78. The molecule has 1 atom stereocenters. The van der Waals surface area contributed by atoms with Gasteiger partial charge in [0.05, 0.1) is 40.4 Å². The summed E-state index contributed by atoms with van der Waals surface area (Å²) >= 11 is 0. The number of rotatable bonds is 5. The second-order valence-corrected chi connectivity index (χ2v) is 11.1. The molecule has 1 unspecified atom stereocenters. The Balaban J connectivity index is 1.26. The minimum Gasteiger partial charge on any atom is -0.368 e. The smallest absolute Gasteiger partial charge is 0.261 e. The van der Waals surface area contributed by atoms with E-state index < -0.39 is 9.84 Å². The van der Waals surface area contributed by atoms with Crippen molar-refractivity contribution in [3.05, 3.63) is 54.5 Å². The number of anilines is 1. The summed E-state index contributed by atoms with van der Waals surface area (Å²) in [6.07, 6.45) is 12.0. The summed E-state index contributed by atoms with van der Waals surface area (Å²) in [5, 5.41) is 8.65. The molecular weight excluding hydrogens is 456 g/mol. The summed E-state index contributed by atoms with van der Waals surface area (Å²) in [4.78, 5) is 17.4. The molecule has 0 radical (unpaired) electrons. The van der Waals surface area contributed by atoms with Crippen molar-refractivity contribution in [1.29, 1.82) is 0 Å². The van der Waals surface area contributed by atoms with Crippen molar-refractivity contribution < 1.29 is 12.9 Å². The first kappa shape index (κ1) is 20.9. The van der Waals surface area contributed by atoms with Gasteiger partial charge in [0.15, 0.2) is 15.7 Å². The number of nitrogen functional groups attached to an aromatic ring is 1. The fraction of sp³-hybridized carbons (Fsp3) is 0.364. The van der Waals surface area contributed by atoms with Crippen LogP contribution < -0.4 is 5.73 Å². The molecule has 1 saturated carbocycles. The summed E-state index contributed by atoms with van der Waals surface area (Å²) in [5.41, 5.74) is 8.47. The van der Waals surface area contributed by atoms with Gasteiger partial charge in [0.2, 0.25) is 5.95 Å². The average molecular weight is 479 g/mol. The maximum atomic E-state index is 11.8. The van der Waals surface area contributed by atoms with Gasteiger partial charge in [-0.3, -0.25) is 9.67 Å². The predicted octanol–water partition coefficient (Wildman–Crippen LogP) is 2.20. The summed E-state index contributed by atoms with van der Waals surface area (Å²) in [7, 11) is -2.99. The first-order valence-corrected chi connectivity index (χ1v) is 12.9. The Bertz CT molecular complexity index is 1440. The SMILES string of the molecule is Nc1ncc(-c2ccc(C3(c4noc(-c5cnn(C6CCS(=O)(=O)C6)c5)n4)CCC3)cn2)cn1. The van der Waals surface area contributed by atoms with Gasteiger partial charge in [0.25, 0.3) is 5.89 Å². The van der Waals surface area contributed by atoms with E-state index >= 15 is 0 Å². The summed E-state index contributed by atoms with van der Waals surface area (Å²) < 4.78 is 30.9. The molecule has 34 heavy (non-hydrogen) atoms. The standard InChI is InChI=1S/C22H22N8O3S/c23-21-25-8-14(9-26-21)18-3-2-16(11-24-18)22(5-1-6-22)20-28-19(33-29-20)15-10-27-30(12-15)17-4-7-34(31,32)13-17/h2-3,8-12,17H,1,4-7,13H2,(H2,23,25,26). The maximum absolute atomic E-state index is 11.8. The van der Waals surface area contributed by atoms with Crippen LogP contribution in [0.1, 0.15) is 43.1 Å². The molecule has 2 N–H and O–H groups in total. The molecule has 2 aliphatic rings. The molecule has 1 saturated heterocycles. The van der Waals surface area contributed by atoms with Crippen LogP contribution in [-0.2, 0) is 15.3 Å². The fourth-order valence-corrected chi connectivity index (χ4v) is 6.36. The molecule has 0 aromatic carbocycles. The van der Waals surface area contributed by atoms with Gasteiger partial charge < -0.3 is 10.3 Å². The van der Waals surface area contributed by atoms with Crippen LogP contribution in [0.15, 0.2) is 47.6 Å². The van der Waals surface area contributed by atoms with Gasteiger partial charge in [-0.05, 0) is 30.9 Å². The van der Waals surface area contributed by atoms with E-state index in [1.807, 2.05) is 18.3 Å². The number of nitrogens with zero attached hydrogens (tertiary/aromatic N) is 7. The van der Waals surface area contributed by atoms with Crippen LogP contribution in [0.3, 0.4) is 0 Å². The third-order valence-corrected chi connectivity index (χ3v) is 8.53. The second kappa shape index (κ2) is 7.69. The maximum Gasteiger partial charge on any atom is 0.261 e. The minimum atomic E-state index is -2.99. The van der Waals surface area contributed by atoms with Crippen LogP contribution in [0.25, 0.3) is 22.7 Å². The van der Waals surface area contributed by atoms with Crippen molar-refractivity contribution in [3.63, 3.8) is 0 Å². The van der Waals surface area contributed by atoms with Gasteiger partial charge >= 0.3 is 0 Å². The number of hydrogen-bond acceptors (Lipinski definition) is 10. The molecule has 174 valence electrons. The highest BCUT2D eigenvalue weighted by molar-refractivity contribution is 7.91. The molecule has 12 heteroatoms. The zero-order valence-electron chi connectivity index (χ0n) is 18.2. The Labute approximate surface area is 195 Å². The highest BCUT2D eigenvalue weighted by atomic mass is 32.2. The van der Waals surface area contributed by atoms with Crippen LogP contribution >= 0.6 is 0 Å². The van der Waals surface area contributed by atoms with E-state index in [0.29, 0.717) is 23.7 Å². The Morgan fingerprint density at radius 1 is 1.06 bits per heavy atom. The average Bonchev–Trinajstić information content (AvgIpc) is 3.54. The van der Waals surface area contributed by atoms with E-state index in [9.17, 15) is 8.42 Å². The van der Waals surface area contributed by atoms with Gasteiger partial charge in [-0.1, -0.05) is 17.6 Å².